The van der Waals surface area contributed by atoms with Crippen LogP contribution < -0.4 is 0 Å². The van der Waals surface area contributed by atoms with E-state index in [1.165, 1.54) is 5.56 Å². The average molecular weight is 325 g/mol. The third kappa shape index (κ3) is 2.85. The van der Waals surface area contributed by atoms with Gasteiger partial charge in [-0.1, -0.05) is 42.0 Å². The lowest BCUT2D eigenvalue weighted by atomic mass is 10.1. The Labute approximate surface area is 119 Å². The first-order chi connectivity index (χ1) is 8.61. The number of rotatable bonds is 3. The number of hydrogen-bond donors (Lipinski definition) is 1. The summed E-state index contributed by atoms with van der Waals surface area (Å²) in [5.41, 5.74) is 3.12. The molecule has 0 fully saturated rings. The minimum Gasteiger partial charge on any atom is -0.378 e. The van der Waals surface area contributed by atoms with E-state index in [-0.39, 0.29) is 0 Å². The molecule has 18 heavy (non-hydrogen) atoms. The van der Waals surface area contributed by atoms with Crippen molar-refractivity contribution in [1.29, 1.82) is 0 Å². The lowest BCUT2D eigenvalue weighted by molar-refractivity contribution is 0.181. The Balaban J connectivity index is 2.51. The predicted molar refractivity (Wildman–Crippen MR) is 78.0 cm³/mol. The Morgan fingerprint density at radius 1 is 1.33 bits per heavy atom. The largest absolute Gasteiger partial charge is 0.378 e. The Morgan fingerprint density at radius 2 is 2.00 bits per heavy atom. The van der Waals surface area contributed by atoms with Gasteiger partial charge in [-0.2, -0.15) is 0 Å². The summed E-state index contributed by atoms with van der Waals surface area (Å²) in [5, 5.41) is 0. The quantitative estimate of drug-likeness (QED) is 0.866. The van der Waals surface area contributed by atoms with Crippen molar-refractivity contribution in [3.05, 3.63) is 44.6 Å². The van der Waals surface area contributed by atoms with Gasteiger partial charge in [-0.15, -0.1) is 0 Å². The van der Waals surface area contributed by atoms with Crippen molar-refractivity contribution in [3.8, 4) is 11.4 Å². The second-order valence-corrected chi connectivity index (χ2v) is 5.16. The fourth-order valence-electron chi connectivity index (χ4n) is 1.60. The molecule has 0 aliphatic heterocycles. The van der Waals surface area contributed by atoms with Crippen LogP contribution in [0.4, 0.5) is 0 Å². The molecule has 1 N–H and O–H groups in total. The summed E-state index contributed by atoms with van der Waals surface area (Å²) in [6, 6.07) is 8.14. The third-order valence-corrected chi connectivity index (χ3v) is 3.96. The van der Waals surface area contributed by atoms with E-state index in [0.29, 0.717) is 11.2 Å². The lowest BCUT2D eigenvalue weighted by Crippen LogP contribution is -1.99. The highest BCUT2D eigenvalue weighted by molar-refractivity contribution is 9.10. The summed E-state index contributed by atoms with van der Waals surface area (Å²) < 4.78 is 6.46. The van der Waals surface area contributed by atoms with Crippen LogP contribution in [0.1, 0.15) is 11.3 Å². The van der Waals surface area contributed by atoms with Crippen LogP contribution >= 0.6 is 28.1 Å². The molecule has 0 unspecified atom stereocenters. The molecular weight excluding hydrogens is 312 g/mol. The van der Waals surface area contributed by atoms with Crippen LogP contribution in [0.2, 0.25) is 0 Å². The molecule has 0 aliphatic rings. The minimum absolute atomic E-state index is 0.464. The highest BCUT2D eigenvalue weighted by atomic mass is 79.9. The van der Waals surface area contributed by atoms with Crippen LogP contribution in [0.15, 0.2) is 28.7 Å². The van der Waals surface area contributed by atoms with Gasteiger partial charge < -0.3 is 9.72 Å². The monoisotopic (exact) mass is 324 g/mol. The van der Waals surface area contributed by atoms with E-state index in [1.807, 2.05) is 24.3 Å². The van der Waals surface area contributed by atoms with Crippen LogP contribution in [-0.4, -0.2) is 17.1 Å². The molecule has 2 rings (SSSR count). The molecule has 1 aromatic carbocycles. The minimum atomic E-state index is 0.464. The number of aromatic amines is 1. The number of nitrogens with zero attached hydrogens (tertiary/aromatic N) is 1. The van der Waals surface area contributed by atoms with E-state index in [4.69, 9.17) is 17.0 Å². The first kappa shape index (κ1) is 13.4. The molecule has 1 aromatic heterocycles. The van der Waals surface area contributed by atoms with E-state index >= 15 is 0 Å². The molecule has 5 heteroatoms. The average Bonchev–Trinajstić information content (AvgIpc) is 2.36. The van der Waals surface area contributed by atoms with Crippen molar-refractivity contribution in [1.82, 2.24) is 9.97 Å². The van der Waals surface area contributed by atoms with Gasteiger partial charge >= 0.3 is 0 Å². The summed E-state index contributed by atoms with van der Waals surface area (Å²) in [7, 11) is 1.65. The van der Waals surface area contributed by atoms with Gasteiger partial charge in [-0.25, -0.2) is 4.98 Å². The van der Waals surface area contributed by atoms with Gasteiger partial charge in [0.15, 0.2) is 0 Å². The Hall–Kier alpha value is -1.04. The topological polar surface area (TPSA) is 37.9 Å². The van der Waals surface area contributed by atoms with Crippen molar-refractivity contribution in [2.45, 2.75) is 13.5 Å². The molecule has 0 radical (unpaired) electrons. The SMILES string of the molecule is COCc1[nH]c(-c2ccc(C)cc2)nc(=S)c1Br. The maximum Gasteiger partial charge on any atom is 0.144 e. The first-order valence-electron chi connectivity index (χ1n) is 5.46. The van der Waals surface area contributed by atoms with Crippen molar-refractivity contribution in [2.24, 2.45) is 0 Å². The van der Waals surface area contributed by atoms with Gasteiger partial charge in [0.1, 0.15) is 10.5 Å². The van der Waals surface area contributed by atoms with Gasteiger partial charge in [-0.05, 0) is 22.9 Å². The molecule has 0 saturated carbocycles. The Morgan fingerprint density at radius 3 is 2.61 bits per heavy atom. The number of nitrogens with one attached hydrogen (secondary N) is 1. The highest BCUT2D eigenvalue weighted by Crippen LogP contribution is 2.22. The fraction of sp³-hybridized carbons (Fsp3) is 0.231. The van der Waals surface area contributed by atoms with Gasteiger partial charge in [-0.3, -0.25) is 0 Å². The van der Waals surface area contributed by atoms with Crippen molar-refractivity contribution in [2.75, 3.05) is 7.11 Å². The summed E-state index contributed by atoms with van der Waals surface area (Å²) in [5.74, 6) is 0.759. The van der Waals surface area contributed by atoms with E-state index in [1.54, 1.807) is 7.11 Å². The van der Waals surface area contributed by atoms with Crippen molar-refractivity contribution >= 4 is 28.1 Å². The molecule has 0 bridgehead atoms. The molecule has 2 aromatic rings. The van der Waals surface area contributed by atoms with Gasteiger partial charge in [0.2, 0.25) is 0 Å². The van der Waals surface area contributed by atoms with Crippen LogP contribution in [0.5, 0.6) is 0 Å². The zero-order valence-corrected chi connectivity index (χ0v) is 12.6. The van der Waals surface area contributed by atoms with Gasteiger partial charge in [0.25, 0.3) is 0 Å². The zero-order valence-electron chi connectivity index (χ0n) is 10.2. The maximum absolute atomic E-state index is 5.23. The van der Waals surface area contributed by atoms with Gasteiger partial charge in [0, 0.05) is 12.7 Å². The number of aromatic nitrogens is 2. The van der Waals surface area contributed by atoms with Crippen molar-refractivity contribution < 1.29 is 4.74 Å². The third-order valence-electron chi connectivity index (χ3n) is 2.55. The number of halogens is 1. The Bertz CT molecular complexity index is 607. The number of H-pyrrole nitrogens is 1. The first-order valence-corrected chi connectivity index (χ1v) is 6.66. The normalized spacial score (nSPS) is 10.6. The molecule has 0 atom stereocenters. The lowest BCUT2D eigenvalue weighted by Gasteiger charge is -2.08. The standard InChI is InChI=1S/C13H13BrN2OS/c1-8-3-5-9(6-4-8)12-15-10(7-17-2)11(14)13(18)16-12/h3-6H,7H2,1-2H3,(H,15,16,18). The second kappa shape index (κ2) is 5.73. The molecule has 0 saturated heterocycles. The molecule has 0 aliphatic carbocycles. The molecule has 94 valence electrons. The maximum atomic E-state index is 5.23. The molecule has 0 amide bonds. The molecule has 1 heterocycles. The fourth-order valence-corrected chi connectivity index (χ4v) is 2.11. The van der Waals surface area contributed by atoms with Gasteiger partial charge in [0.05, 0.1) is 16.8 Å². The molecular formula is C13H13BrN2OS. The number of methoxy groups -OCH3 is 1. The zero-order chi connectivity index (χ0) is 13.1. The number of aryl methyl sites for hydroxylation is 1. The number of hydrogen-bond acceptors (Lipinski definition) is 3. The van der Waals surface area contributed by atoms with E-state index in [0.717, 1.165) is 21.6 Å². The predicted octanol–water partition coefficient (Wildman–Crippen LogP) is 4.02. The molecule has 0 spiro atoms. The number of ether oxygens (including phenoxy) is 1. The van der Waals surface area contributed by atoms with Crippen LogP contribution in [0, 0.1) is 11.6 Å². The van der Waals surface area contributed by atoms with Crippen LogP contribution in [0.25, 0.3) is 11.4 Å². The summed E-state index contributed by atoms with van der Waals surface area (Å²) in [6.45, 7) is 2.52. The summed E-state index contributed by atoms with van der Waals surface area (Å²) in [4.78, 5) is 7.61. The van der Waals surface area contributed by atoms with Crippen LogP contribution in [-0.2, 0) is 11.3 Å². The van der Waals surface area contributed by atoms with E-state index < -0.39 is 0 Å². The smallest absolute Gasteiger partial charge is 0.144 e. The van der Waals surface area contributed by atoms with E-state index in [2.05, 4.69) is 32.8 Å². The van der Waals surface area contributed by atoms with E-state index in [9.17, 15) is 0 Å². The van der Waals surface area contributed by atoms with Crippen LogP contribution in [0.3, 0.4) is 0 Å². The van der Waals surface area contributed by atoms with Crippen molar-refractivity contribution in [3.63, 3.8) is 0 Å². The summed E-state index contributed by atoms with van der Waals surface area (Å²) in [6.07, 6.45) is 0. The molecule has 3 nitrogen and oxygen atoms in total. The summed E-state index contributed by atoms with van der Waals surface area (Å²) >= 11 is 8.66. The second-order valence-electron chi connectivity index (χ2n) is 3.98. The highest BCUT2D eigenvalue weighted by Gasteiger charge is 2.07. The number of benzene rings is 1. The Kier molecular flexibility index (Phi) is 4.27.